The molecule has 0 spiro atoms. The van der Waals surface area contributed by atoms with Crippen molar-refractivity contribution in [3.05, 3.63) is 90.0 Å². The highest BCUT2D eigenvalue weighted by Crippen LogP contribution is 2.32. The summed E-state index contributed by atoms with van der Waals surface area (Å²) in [6, 6.07) is 15.7. The van der Waals surface area contributed by atoms with E-state index in [0.717, 1.165) is 70.4 Å². The van der Waals surface area contributed by atoms with Crippen molar-refractivity contribution < 1.29 is 13.9 Å². The van der Waals surface area contributed by atoms with Crippen molar-refractivity contribution in [2.45, 2.75) is 45.3 Å². The number of rotatable bonds is 9. The molecule has 2 aromatic carbocycles. The zero-order valence-corrected chi connectivity index (χ0v) is 27.0. The van der Waals surface area contributed by atoms with E-state index in [0.29, 0.717) is 31.1 Å². The number of allylic oxidation sites excluding steroid dienone is 1. The van der Waals surface area contributed by atoms with E-state index in [4.69, 9.17) is 19.7 Å². The monoisotopic (exact) mass is 634 g/mol. The molecule has 2 fully saturated rings. The Kier molecular flexibility index (Phi) is 8.42. The Morgan fingerprint density at radius 2 is 2.00 bits per heavy atom. The van der Waals surface area contributed by atoms with Crippen LogP contribution in [-0.2, 0) is 22.5 Å². The van der Waals surface area contributed by atoms with Crippen molar-refractivity contribution in [1.29, 1.82) is 0 Å². The molecule has 7 rings (SSSR count). The van der Waals surface area contributed by atoms with E-state index in [-0.39, 0.29) is 18.4 Å². The molecule has 2 saturated heterocycles. The summed E-state index contributed by atoms with van der Waals surface area (Å²) in [6.07, 6.45) is 4.92. The number of ether oxygens (including phenoxy) is 1. The second-order valence-corrected chi connectivity index (χ2v) is 12.9. The van der Waals surface area contributed by atoms with Gasteiger partial charge in [0.2, 0.25) is 11.9 Å². The van der Waals surface area contributed by atoms with E-state index in [1.54, 1.807) is 10.7 Å². The number of halogens is 1. The number of hydrogen-bond acceptors (Lipinski definition) is 9. The molecular formula is C36H39FN8O2. The highest BCUT2D eigenvalue weighted by atomic mass is 19.1. The van der Waals surface area contributed by atoms with Gasteiger partial charge in [-0.05, 0) is 48.5 Å². The molecule has 0 aliphatic carbocycles. The van der Waals surface area contributed by atoms with E-state index in [1.807, 2.05) is 42.6 Å². The Morgan fingerprint density at radius 3 is 2.83 bits per heavy atom. The fraction of sp³-hybridized carbons (Fsp3) is 0.361. The highest BCUT2D eigenvalue weighted by Gasteiger charge is 2.35. The topological polar surface area (TPSA) is 101 Å². The van der Waals surface area contributed by atoms with Crippen molar-refractivity contribution in [3.8, 4) is 11.3 Å². The summed E-state index contributed by atoms with van der Waals surface area (Å²) >= 11 is 0. The van der Waals surface area contributed by atoms with Crippen LogP contribution in [-0.4, -0.2) is 74.8 Å². The number of pyridine rings is 1. The SMILES string of the molecule is C=C(F)C(=O)Cc1ccc2c(-c3ccccc3CNc3nc(N4CO[C@H]5CN(C)CC[C@@H]5C4)nc4c(C(C)C)cnn34)nccc2c1. The lowest BCUT2D eigenvalue weighted by atomic mass is 9.92. The molecule has 0 unspecified atom stereocenters. The van der Waals surface area contributed by atoms with Crippen LogP contribution in [0.4, 0.5) is 16.3 Å². The largest absolute Gasteiger partial charge is 0.356 e. The summed E-state index contributed by atoms with van der Waals surface area (Å²) in [4.78, 5) is 31.2. The van der Waals surface area contributed by atoms with Gasteiger partial charge in [0, 0.05) is 54.7 Å². The second kappa shape index (κ2) is 12.8. The van der Waals surface area contributed by atoms with Gasteiger partial charge in [0.15, 0.2) is 17.3 Å². The molecule has 0 amide bonds. The minimum Gasteiger partial charge on any atom is -0.356 e. The number of carbonyl (C=O) groups is 1. The molecule has 2 atom stereocenters. The molecule has 242 valence electrons. The van der Waals surface area contributed by atoms with Crippen LogP contribution in [0.1, 0.15) is 42.9 Å². The third kappa shape index (κ3) is 6.20. The number of ketones is 1. The maximum absolute atomic E-state index is 13.3. The fourth-order valence-corrected chi connectivity index (χ4v) is 6.64. The summed E-state index contributed by atoms with van der Waals surface area (Å²) in [5.41, 5.74) is 5.39. The lowest BCUT2D eigenvalue weighted by molar-refractivity contribution is -0.116. The maximum Gasteiger partial charge on any atom is 0.232 e. The number of benzene rings is 2. The van der Waals surface area contributed by atoms with Crippen molar-refractivity contribution in [1.82, 2.24) is 29.5 Å². The minimum atomic E-state index is -0.930. The average molecular weight is 635 g/mol. The van der Waals surface area contributed by atoms with Crippen LogP contribution < -0.4 is 10.2 Å². The van der Waals surface area contributed by atoms with E-state index < -0.39 is 11.6 Å². The fourth-order valence-electron chi connectivity index (χ4n) is 6.64. The smallest absolute Gasteiger partial charge is 0.232 e. The quantitative estimate of drug-likeness (QED) is 0.202. The van der Waals surface area contributed by atoms with Crippen LogP contribution in [0.2, 0.25) is 0 Å². The molecule has 2 aliphatic rings. The van der Waals surface area contributed by atoms with E-state index >= 15 is 0 Å². The summed E-state index contributed by atoms with van der Waals surface area (Å²) < 4.78 is 21.4. The number of piperidine rings is 1. The number of aromatic nitrogens is 5. The van der Waals surface area contributed by atoms with Crippen LogP contribution >= 0.6 is 0 Å². The van der Waals surface area contributed by atoms with Gasteiger partial charge in [0.1, 0.15) is 6.73 Å². The van der Waals surface area contributed by atoms with Gasteiger partial charge in [-0.15, -0.1) is 0 Å². The Balaban J connectivity index is 1.19. The van der Waals surface area contributed by atoms with Crippen LogP contribution in [0.5, 0.6) is 0 Å². The van der Waals surface area contributed by atoms with Gasteiger partial charge in [-0.25, -0.2) is 4.39 Å². The summed E-state index contributed by atoms with van der Waals surface area (Å²) in [7, 11) is 2.15. The number of nitrogens with one attached hydrogen (secondary N) is 1. The summed E-state index contributed by atoms with van der Waals surface area (Å²) in [5, 5.41) is 10.1. The van der Waals surface area contributed by atoms with Gasteiger partial charge in [-0.1, -0.05) is 62.9 Å². The number of anilines is 2. The van der Waals surface area contributed by atoms with Crippen LogP contribution in [0.3, 0.4) is 0 Å². The van der Waals surface area contributed by atoms with Gasteiger partial charge in [-0.2, -0.15) is 19.6 Å². The highest BCUT2D eigenvalue weighted by molar-refractivity contribution is 5.98. The number of Topliss-reactive ketones (excluding diaryl/α,β-unsaturated/α-hetero) is 1. The number of nitrogens with zero attached hydrogens (tertiary/aromatic N) is 7. The van der Waals surface area contributed by atoms with Gasteiger partial charge in [-0.3, -0.25) is 9.78 Å². The van der Waals surface area contributed by atoms with Crippen molar-refractivity contribution in [3.63, 3.8) is 0 Å². The average Bonchev–Trinajstić information content (AvgIpc) is 3.51. The van der Waals surface area contributed by atoms with Gasteiger partial charge < -0.3 is 19.9 Å². The molecule has 0 saturated carbocycles. The summed E-state index contributed by atoms with van der Waals surface area (Å²) in [6.45, 7) is 11.2. The first-order valence-electron chi connectivity index (χ1n) is 16.1. The number of hydrogen-bond donors (Lipinski definition) is 1. The van der Waals surface area contributed by atoms with Crippen molar-refractivity contribution in [2.24, 2.45) is 5.92 Å². The van der Waals surface area contributed by atoms with Gasteiger partial charge >= 0.3 is 0 Å². The Labute approximate surface area is 273 Å². The third-order valence-electron chi connectivity index (χ3n) is 9.29. The van der Waals surface area contributed by atoms with Crippen LogP contribution in [0.25, 0.3) is 27.7 Å². The molecule has 5 aromatic rings. The van der Waals surface area contributed by atoms with Gasteiger partial charge in [0.25, 0.3) is 0 Å². The number of carbonyl (C=O) groups excluding carboxylic acids is 1. The Hall–Kier alpha value is -4.74. The summed E-state index contributed by atoms with van der Waals surface area (Å²) in [5.74, 6) is 0.368. The minimum absolute atomic E-state index is 0.0348. The zero-order valence-electron chi connectivity index (χ0n) is 27.0. The lowest BCUT2D eigenvalue weighted by Gasteiger charge is -2.43. The van der Waals surface area contributed by atoms with Crippen LogP contribution in [0.15, 0.2) is 73.3 Å². The number of likely N-dealkylation sites (N-methyl/N-ethyl adjacent to an activating group) is 1. The molecular weight excluding hydrogens is 595 g/mol. The van der Waals surface area contributed by atoms with Crippen molar-refractivity contribution >= 4 is 34.1 Å². The normalized spacial score (nSPS) is 18.5. The molecule has 10 nitrogen and oxygen atoms in total. The molecule has 0 bridgehead atoms. The van der Waals surface area contributed by atoms with E-state index in [9.17, 15) is 9.18 Å². The molecule has 11 heteroatoms. The standard InChI is InChI=1S/C36H39FN8O2/c1-22(2)30-18-40-45-34(30)41-36(44-19-27-12-14-43(4)20-32(27)47-21-44)42-35(45)39-17-26-7-5-6-8-28(26)33-29-10-9-24(16-31(46)23(3)37)15-25(29)11-13-38-33/h5-11,13,15,18,22,27,32H,3,12,14,16-17,19-21H2,1-2,4H3,(H,39,41,42)/t27-,32+/m1/s1. The number of likely N-dealkylation sites (tertiary alicyclic amines) is 1. The lowest BCUT2D eigenvalue weighted by Crippen LogP contribution is -2.53. The Bertz CT molecular complexity index is 1970. The molecule has 0 radical (unpaired) electrons. The molecule has 3 aromatic heterocycles. The van der Waals surface area contributed by atoms with Gasteiger partial charge in [0.05, 0.1) is 18.0 Å². The molecule has 2 aliphatic heterocycles. The molecule has 47 heavy (non-hydrogen) atoms. The van der Waals surface area contributed by atoms with E-state index in [1.165, 1.54) is 0 Å². The first-order valence-corrected chi connectivity index (χ1v) is 16.1. The first-order chi connectivity index (χ1) is 22.7. The second-order valence-electron chi connectivity index (χ2n) is 12.9. The number of fused-ring (bicyclic) bond motifs is 3. The predicted molar refractivity (Wildman–Crippen MR) is 181 cm³/mol. The van der Waals surface area contributed by atoms with E-state index in [2.05, 4.69) is 59.8 Å². The first kappa shape index (κ1) is 30.9. The van der Waals surface area contributed by atoms with Crippen molar-refractivity contribution in [2.75, 3.05) is 43.6 Å². The zero-order chi connectivity index (χ0) is 32.7. The molecule has 5 heterocycles. The third-order valence-corrected chi connectivity index (χ3v) is 9.29. The maximum atomic E-state index is 13.3. The molecule has 1 N–H and O–H groups in total. The Morgan fingerprint density at radius 1 is 1.15 bits per heavy atom. The van der Waals surface area contributed by atoms with Crippen LogP contribution in [0, 0.1) is 5.92 Å². The predicted octanol–water partition coefficient (Wildman–Crippen LogP) is 5.78.